The number of hydrogen-bond acceptors (Lipinski definition) is 1. The summed E-state index contributed by atoms with van der Waals surface area (Å²) in [5.74, 6) is 1.80. The summed E-state index contributed by atoms with van der Waals surface area (Å²) in [6, 6.07) is 0.578. The molecule has 1 unspecified atom stereocenters. The third-order valence-corrected chi connectivity index (χ3v) is 3.13. The average molecular weight is 161 g/mol. The van der Waals surface area contributed by atoms with Gasteiger partial charge in [0.05, 0.1) is 6.04 Å². The first kappa shape index (κ1) is 6.88. The first-order valence-electron chi connectivity index (χ1n) is 5.17. The van der Waals surface area contributed by atoms with Crippen LogP contribution in [0.15, 0.2) is 17.1 Å². The molecule has 2 fully saturated rings. The molecule has 3 rings (SSSR count). The summed E-state index contributed by atoms with van der Waals surface area (Å²) in [6.45, 7) is 0. The Hall–Kier alpha value is -0.590. The van der Waals surface area contributed by atoms with E-state index in [1.54, 1.807) is 0 Å². The first-order chi connectivity index (χ1) is 5.93. The molecular formula is C11H15N. The smallest absolute Gasteiger partial charge is 0.0707 e. The van der Waals surface area contributed by atoms with Crippen LogP contribution in [0.25, 0.3) is 0 Å². The van der Waals surface area contributed by atoms with Gasteiger partial charge in [-0.05, 0) is 37.5 Å². The zero-order valence-electron chi connectivity index (χ0n) is 7.37. The Morgan fingerprint density at radius 1 is 1.17 bits per heavy atom. The third-order valence-electron chi connectivity index (χ3n) is 3.13. The predicted molar refractivity (Wildman–Crippen MR) is 50.4 cm³/mol. The molecule has 3 aliphatic rings. The summed E-state index contributed by atoms with van der Waals surface area (Å²) < 4.78 is 0. The Bertz CT molecular complexity index is 244. The highest BCUT2D eigenvalue weighted by atomic mass is 14.8. The minimum Gasteiger partial charge on any atom is -0.286 e. The second kappa shape index (κ2) is 2.45. The third kappa shape index (κ3) is 1.21. The molecule has 1 aliphatic heterocycles. The summed E-state index contributed by atoms with van der Waals surface area (Å²) in [5.41, 5.74) is 1.51. The van der Waals surface area contributed by atoms with Crippen LogP contribution in [0.2, 0.25) is 0 Å². The van der Waals surface area contributed by atoms with Gasteiger partial charge in [-0.25, -0.2) is 0 Å². The van der Waals surface area contributed by atoms with E-state index in [1.165, 1.54) is 31.4 Å². The number of rotatable bonds is 2. The van der Waals surface area contributed by atoms with E-state index < -0.39 is 0 Å². The van der Waals surface area contributed by atoms with Crippen molar-refractivity contribution < 1.29 is 0 Å². The molecule has 0 aromatic heterocycles. The van der Waals surface area contributed by atoms with Gasteiger partial charge in [0.2, 0.25) is 0 Å². The summed E-state index contributed by atoms with van der Waals surface area (Å²) >= 11 is 0. The Morgan fingerprint density at radius 2 is 2.00 bits per heavy atom. The number of nitrogens with zero attached hydrogens (tertiary/aromatic N) is 1. The van der Waals surface area contributed by atoms with Gasteiger partial charge in [-0.15, -0.1) is 0 Å². The Labute approximate surface area is 73.6 Å². The SMILES string of the molecule is C1=CC(C2CC2)N=C(C2CC2)C1. The van der Waals surface area contributed by atoms with Gasteiger partial charge in [0.25, 0.3) is 0 Å². The van der Waals surface area contributed by atoms with Crippen molar-refractivity contribution in [1.29, 1.82) is 0 Å². The van der Waals surface area contributed by atoms with Crippen molar-refractivity contribution in [3.63, 3.8) is 0 Å². The van der Waals surface area contributed by atoms with E-state index in [0.29, 0.717) is 6.04 Å². The quantitative estimate of drug-likeness (QED) is 0.552. The lowest BCUT2D eigenvalue weighted by Gasteiger charge is -2.14. The van der Waals surface area contributed by atoms with Gasteiger partial charge in [-0.3, -0.25) is 4.99 Å². The van der Waals surface area contributed by atoms with Gasteiger partial charge >= 0.3 is 0 Å². The predicted octanol–water partition coefficient (Wildman–Crippen LogP) is 2.58. The molecule has 1 atom stereocenters. The summed E-state index contributed by atoms with van der Waals surface area (Å²) in [4.78, 5) is 4.84. The van der Waals surface area contributed by atoms with Crippen LogP contribution in [-0.2, 0) is 0 Å². The molecular weight excluding hydrogens is 146 g/mol. The van der Waals surface area contributed by atoms with E-state index in [0.717, 1.165) is 18.3 Å². The van der Waals surface area contributed by atoms with Crippen LogP contribution in [0, 0.1) is 11.8 Å². The fourth-order valence-corrected chi connectivity index (χ4v) is 2.00. The second-order valence-electron chi connectivity index (χ2n) is 4.36. The van der Waals surface area contributed by atoms with Gasteiger partial charge in [0, 0.05) is 12.1 Å². The van der Waals surface area contributed by atoms with Crippen molar-refractivity contribution in [2.24, 2.45) is 16.8 Å². The molecule has 1 heterocycles. The van der Waals surface area contributed by atoms with Crippen LogP contribution >= 0.6 is 0 Å². The molecule has 0 saturated heterocycles. The zero-order valence-corrected chi connectivity index (χ0v) is 7.37. The molecule has 1 heteroatoms. The normalized spacial score (nSPS) is 35.0. The van der Waals surface area contributed by atoms with Gasteiger partial charge < -0.3 is 0 Å². The maximum atomic E-state index is 4.84. The van der Waals surface area contributed by atoms with Crippen LogP contribution in [-0.4, -0.2) is 11.8 Å². The maximum Gasteiger partial charge on any atom is 0.0707 e. The van der Waals surface area contributed by atoms with Crippen molar-refractivity contribution in [2.45, 2.75) is 38.1 Å². The summed E-state index contributed by atoms with van der Waals surface area (Å²) in [5, 5.41) is 0. The van der Waals surface area contributed by atoms with E-state index in [1.807, 2.05) is 0 Å². The molecule has 12 heavy (non-hydrogen) atoms. The van der Waals surface area contributed by atoms with Crippen LogP contribution in [0.3, 0.4) is 0 Å². The molecule has 0 radical (unpaired) electrons. The fourth-order valence-electron chi connectivity index (χ4n) is 2.00. The van der Waals surface area contributed by atoms with Gasteiger partial charge in [-0.2, -0.15) is 0 Å². The van der Waals surface area contributed by atoms with Gasteiger partial charge in [0.15, 0.2) is 0 Å². The van der Waals surface area contributed by atoms with E-state index >= 15 is 0 Å². The van der Waals surface area contributed by atoms with Gasteiger partial charge in [0.1, 0.15) is 0 Å². The van der Waals surface area contributed by atoms with E-state index in [9.17, 15) is 0 Å². The zero-order chi connectivity index (χ0) is 7.97. The summed E-state index contributed by atoms with van der Waals surface area (Å²) in [6.07, 6.45) is 11.4. The molecule has 0 spiro atoms. The minimum atomic E-state index is 0.578. The molecule has 0 aromatic carbocycles. The molecule has 0 bridgehead atoms. The Kier molecular flexibility index (Phi) is 1.40. The van der Waals surface area contributed by atoms with Crippen LogP contribution in [0.1, 0.15) is 32.1 Å². The number of allylic oxidation sites excluding steroid dienone is 1. The monoisotopic (exact) mass is 161 g/mol. The van der Waals surface area contributed by atoms with Crippen molar-refractivity contribution >= 4 is 5.71 Å². The average Bonchev–Trinajstić information content (AvgIpc) is 2.98. The van der Waals surface area contributed by atoms with E-state index in [-0.39, 0.29) is 0 Å². The lowest BCUT2D eigenvalue weighted by molar-refractivity contribution is 0.697. The maximum absolute atomic E-state index is 4.84. The molecule has 2 aliphatic carbocycles. The second-order valence-corrected chi connectivity index (χ2v) is 4.36. The molecule has 2 saturated carbocycles. The lowest BCUT2D eigenvalue weighted by atomic mass is 10.0. The highest BCUT2D eigenvalue weighted by Gasteiger charge is 2.33. The summed E-state index contributed by atoms with van der Waals surface area (Å²) in [7, 11) is 0. The van der Waals surface area contributed by atoms with Crippen LogP contribution < -0.4 is 0 Å². The standard InChI is InChI=1S/C11H15N/c1-2-10(8-4-5-8)12-11(3-1)9-6-7-9/h1-2,8-10H,3-7H2. The molecule has 0 amide bonds. The molecule has 64 valence electrons. The first-order valence-corrected chi connectivity index (χ1v) is 5.17. The minimum absolute atomic E-state index is 0.578. The Morgan fingerprint density at radius 3 is 2.67 bits per heavy atom. The van der Waals surface area contributed by atoms with Crippen molar-refractivity contribution in [3.8, 4) is 0 Å². The lowest BCUT2D eigenvalue weighted by Crippen LogP contribution is -2.13. The molecule has 1 nitrogen and oxygen atoms in total. The highest BCUT2D eigenvalue weighted by molar-refractivity contribution is 5.90. The fraction of sp³-hybridized carbons (Fsp3) is 0.727. The number of aliphatic imine (C=N–C) groups is 1. The van der Waals surface area contributed by atoms with Crippen LogP contribution in [0.5, 0.6) is 0 Å². The van der Waals surface area contributed by atoms with Crippen molar-refractivity contribution in [3.05, 3.63) is 12.2 Å². The highest BCUT2D eigenvalue weighted by Crippen LogP contribution is 2.39. The van der Waals surface area contributed by atoms with Crippen molar-refractivity contribution in [2.75, 3.05) is 0 Å². The largest absolute Gasteiger partial charge is 0.286 e. The van der Waals surface area contributed by atoms with E-state index in [2.05, 4.69) is 12.2 Å². The van der Waals surface area contributed by atoms with E-state index in [4.69, 9.17) is 4.99 Å². The topological polar surface area (TPSA) is 12.4 Å². The Balaban J connectivity index is 1.76. The number of dihydropyridines is 1. The number of hydrogen-bond donors (Lipinski definition) is 0. The molecule has 0 N–H and O–H groups in total. The van der Waals surface area contributed by atoms with Crippen LogP contribution in [0.4, 0.5) is 0 Å². The van der Waals surface area contributed by atoms with Gasteiger partial charge in [-0.1, -0.05) is 12.2 Å². The molecule has 0 aromatic rings. The van der Waals surface area contributed by atoms with Crippen molar-refractivity contribution in [1.82, 2.24) is 0 Å².